The van der Waals surface area contributed by atoms with E-state index in [1.54, 1.807) is 0 Å². The van der Waals surface area contributed by atoms with Crippen LogP contribution in [0.4, 0.5) is 17.1 Å². The smallest absolute Gasteiger partial charge is 0.0715 e. The maximum absolute atomic E-state index is 2.59. The van der Waals surface area contributed by atoms with Crippen LogP contribution in [0.1, 0.15) is 48.6 Å². The van der Waals surface area contributed by atoms with Crippen LogP contribution in [-0.2, 0) is 10.8 Å². The Morgan fingerprint density at radius 1 is 0.424 bits per heavy atom. The van der Waals surface area contributed by atoms with E-state index >= 15 is 0 Å². The highest BCUT2D eigenvalue weighted by molar-refractivity contribution is 7.27. The van der Waals surface area contributed by atoms with Crippen LogP contribution in [0.3, 0.4) is 0 Å². The first kappa shape index (κ1) is 39.1. The molecule has 0 fully saturated rings. The number of benzene rings is 10. The van der Waals surface area contributed by atoms with Gasteiger partial charge in [-0.25, -0.2) is 0 Å². The van der Waals surface area contributed by atoms with Gasteiger partial charge in [0.2, 0.25) is 0 Å². The lowest BCUT2D eigenvalue weighted by molar-refractivity contribution is 0.590. The Balaban J connectivity index is 1.17. The quantitative estimate of drug-likeness (QED) is 0.161. The summed E-state index contributed by atoms with van der Waals surface area (Å²) in [5.41, 5.74) is 14.5. The summed E-state index contributed by atoms with van der Waals surface area (Å²) < 4.78 is 5.29. The fourth-order valence-corrected chi connectivity index (χ4v) is 13.6. The van der Waals surface area contributed by atoms with Crippen molar-refractivity contribution in [3.63, 3.8) is 0 Å². The summed E-state index contributed by atoms with van der Waals surface area (Å²) in [5.74, 6) is 0. The van der Waals surface area contributed by atoms with Crippen molar-refractivity contribution in [3.8, 4) is 22.3 Å². The molecule has 12 aromatic rings. The summed E-state index contributed by atoms with van der Waals surface area (Å²) in [6, 6.07) is 82.0. The van der Waals surface area contributed by atoms with Gasteiger partial charge in [-0.15, -0.1) is 22.7 Å². The molecule has 0 saturated carbocycles. The van der Waals surface area contributed by atoms with E-state index in [9.17, 15) is 0 Å². The summed E-state index contributed by atoms with van der Waals surface area (Å²) in [6.07, 6.45) is 0. The Hall–Kier alpha value is -7.30. The molecule has 1 aliphatic carbocycles. The van der Waals surface area contributed by atoms with Crippen LogP contribution in [0.2, 0.25) is 0 Å². The lowest BCUT2D eigenvalue weighted by Gasteiger charge is -2.35. The van der Waals surface area contributed by atoms with Crippen LogP contribution in [-0.4, -0.2) is 0 Å². The van der Waals surface area contributed by atoms with E-state index in [0.29, 0.717) is 0 Å². The predicted molar refractivity (Wildman–Crippen MR) is 286 cm³/mol. The first-order valence-corrected chi connectivity index (χ1v) is 24.5. The Labute approximate surface area is 393 Å². The molecule has 13 rings (SSSR count). The van der Waals surface area contributed by atoms with Gasteiger partial charge in [-0.3, -0.25) is 0 Å². The molecular formula is C63H45NS2. The minimum absolute atomic E-state index is 0.0164. The normalized spacial score (nSPS) is 13.2. The third-order valence-corrected chi connectivity index (χ3v) is 16.5. The molecule has 0 unspecified atom stereocenters. The summed E-state index contributed by atoms with van der Waals surface area (Å²) in [6.45, 7) is 6.89. The molecule has 2 heterocycles. The number of thiophene rings is 2. The zero-order chi connectivity index (χ0) is 44.1. The molecule has 0 radical (unpaired) electrons. The van der Waals surface area contributed by atoms with Gasteiger partial charge in [0.05, 0.1) is 11.1 Å². The van der Waals surface area contributed by atoms with Crippen molar-refractivity contribution in [1.82, 2.24) is 0 Å². The van der Waals surface area contributed by atoms with E-state index in [1.165, 1.54) is 107 Å². The molecule has 0 bridgehead atoms. The van der Waals surface area contributed by atoms with Gasteiger partial charge < -0.3 is 4.90 Å². The minimum Gasteiger partial charge on any atom is -0.310 e. The van der Waals surface area contributed by atoms with Crippen molar-refractivity contribution in [1.29, 1.82) is 0 Å². The summed E-state index contributed by atoms with van der Waals surface area (Å²) >= 11 is 3.88. The molecule has 66 heavy (non-hydrogen) atoms. The fourth-order valence-electron chi connectivity index (χ4n) is 11.1. The standard InChI is InChI=1S/C63H45NS2/c1-62(2,3)42-31-35-46(36-32-42)64(45-33-29-41(30-34-45)48-26-16-18-40-17-10-11-23-47(40)48)54-39-53-59(61-57(54)51-25-13-15-28-56(51)66-61)58-52(38-37-50-49-24-12-14-27-55(49)65-60(50)58)63(53,43-19-6-4-7-20-43)44-21-8-5-9-22-44/h4-39H,1-3H3. The highest BCUT2D eigenvalue weighted by Gasteiger charge is 2.49. The molecule has 0 N–H and O–H groups in total. The molecule has 1 aliphatic rings. The van der Waals surface area contributed by atoms with Crippen LogP contribution < -0.4 is 4.90 Å². The van der Waals surface area contributed by atoms with Gasteiger partial charge in [-0.05, 0) is 97.6 Å². The van der Waals surface area contributed by atoms with Crippen LogP contribution in [0.25, 0.3) is 73.4 Å². The Morgan fingerprint density at radius 2 is 0.970 bits per heavy atom. The molecule has 0 amide bonds. The molecule has 314 valence electrons. The Kier molecular flexibility index (Phi) is 8.81. The molecule has 0 spiro atoms. The zero-order valence-electron chi connectivity index (χ0n) is 37.0. The molecule has 0 saturated heterocycles. The largest absolute Gasteiger partial charge is 0.310 e. The first-order chi connectivity index (χ1) is 32.4. The van der Waals surface area contributed by atoms with Crippen molar-refractivity contribution in [2.24, 2.45) is 0 Å². The molecule has 0 aliphatic heterocycles. The maximum Gasteiger partial charge on any atom is 0.0715 e. The number of hydrogen-bond donors (Lipinski definition) is 0. The van der Waals surface area contributed by atoms with Gasteiger partial charge in [-0.1, -0.05) is 197 Å². The zero-order valence-corrected chi connectivity index (χ0v) is 38.7. The first-order valence-electron chi connectivity index (χ1n) is 22.9. The second-order valence-corrected chi connectivity index (χ2v) is 20.9. The van der Waals surface area contributed by atoms with Gasteiger partial charge in [0.25, 0.3) is 0 Å². The summed E-state index contributed by atoms with van der Waals surface area (Å²) in [4.78, 5) is 2.54. The van der Waals surface area contributed by atoms with Crippen molar-refractivity contribution in [2.75, 3.05) is 4.90 Å². The van der Waals surface area contributed by atoms with Gasteiger partial charge in [0.1, 0.15) is 0 Å². The van der Waals surface area contributed by atoms with E-state index in [0.717, 1.165) is 11.4 Å². The number of nitrogens with zero attached hydrogens (tertiary/aromatic N) is 1. The van der Waals surface area contributed by atoms with Gasteiger partial charge in [0, 0.05) is 62.8 Å². The van der Waals surface area contributed by atoms with Gasteiger partial charge in [0.15, 0.2) is 0 Å². The highest BCUT2D eigenvalue weighted by Crippen LogP contribution is 2.64. The maximum atomic E-state index is 2.59. The molecule has 1 nitrogen and oxygen atoms in total. The van der Waals surface area contributed by atoms with E-state index in [1.807, 2.05) is 22.7 Å². The average molecular weight is 880 g/mol. The van der Waals surface area contributed by atoms with E-state index < -0.39 is 5.41 Å². The minimum atomic E-state index is -0.601. The molecule has 0 atom stereocenters. The Morgan fingerprint density at radius 3 is 1.65 bits per heavy atom. The van der Waals surface area contributed by atoms with Gasteiger partial charge in [-0.2, -0.15) is 0 Å². The molecule has 2 aromatic heterocycles. The molecular weight excluding hydrogens is 835 g/mol. The van der Waals surface area contributed by atoms with Crippen molar-refractivity contribution >= 4 is 90.9 Å². The predicted octanol–water partition coefficient (Wildman–Crippen LogP) is 18.4. The van der Waals surface area contributed by atoms with Crippen LogP contribution in [0, 0.1) is 0 Å². The number of fused-ring (bicyclic) bond motifs is 12. The molecule has 10 aromatic carbocycles. The SMILES string of the molecule is CC(C)(C)c1ccc(N(c2ccc(-c3cccc4ccccc34)cc2)c2cc3c(c4sc5ccccc5c24)-c2c(ccc4c2sc2ccccc24)C3(c2ccccc2)c2ccccc2)cc1. The summed E-state index contributed by atoms with van der Waals surface area (Å²) in [7, 11) is 0. The van der Waals surface area contributed by atoms with Crippen molar-refractivity contribution in [3.05, 3.63) is 246 Å². The number of anilines is 3. The van der Waals surface area contributed by atoms with E-state index in [4.69, 9.17) is 0 Å². The topological polar surface area (TPSA) is 3.24 Å². The van der Waals surface area contributed by atoms with Crippen molar-refractivity contribution in [2.45, 2.75) is 31.6 Å². The van der Waals surface area contributed by atoms with E-state index in [2.05, 4.69) is 244 Å². The van der Waals surface area contributed by atoms with Crippen LogP contribution >= 0.6 is 22.7 Å². The molecule has 3 heteroatoms. The summed E-state index contributed by atoms with van der Waals surface area (Å²) in [5, 5.41) is 7.72. The van der Waals surface area contributed by atoms with Crippen molar-refractivity contribution < 1.29 is 0 Å². The second kappa shape index (κ2) is 14.9. The second-order valence-electron chi connectivity index (χ2n) is 18.8. The number of rotatable bonds is 6. The van der Waals surface area contributed by atoms with E-state index in [-0.39, 0.29) is 5.41 Å². The number of hydrogen-bond acceptors (Lipinski definition) is 3. The fraction of sp³-hybridized carbons (Fsp3) is 0.0794. The highest BCUT2D eigenvalue weighted by atomic mass is 32.1. The van der Waals surface area contributed by atoms with Gasteiger partial charge >= 0.3 is 0 Å². The monoisotopic (exact) mass is 879 g/mol. The lowest BCUT2D eigenvalue weighted by atomic mass is 9.67. The van der Waals surface area contributed by atoms with Crippen LogP contribution in [0.5, 0.6) is 0 Å². The van der Waals surface area contributed by atoms with Crippen LogP contribution in [0.15, 0.2) is 218 Å². The average Bonchev–Trinajstić information content (AvgIpc) is 4.03. The third kappa shape index (κ3) is 5.76. The lowest BCUT2D eigenvalue weighted by Crippen LogP contribution is -2.28. The third-order valence-electron chi connectivity index (χ3n) is 14.1. The Bertz CT molecular complexity index is 3790.